The number of anilines is 1. The lowest BCUT2D eigenvalue weighted by molar-refractivity contribution is -0.159. The molecule has 0 aliphatic carbocycles. The molecule has 2 aliphatic heterocycles. The van der Waals surface area contributed by atoms with Crippen LogP contribution in [0.3, 0.4) is 0 Å². The maximum absolute atomic E-state index is 13.8. The molecule has 2 aliphatic rings. The van der Waals surface area contributed by atoms with Crippen LogP contribution in [-0.2, 0) is 38.3 Å². The first-order valence-corrected chi connectivity index (χ1v) is 16.1. The van der Waals surface area contributed by atoms with E-state index in [1.165, 1.54) is 0 Å². The van der Waals surface area contributed by atoms with E-state index in [-0.39, 0.29) is 21.6 Å². The molecule has 3 aromatic rings. The fraction of sp³-hybridized carbons (Fsp3) is 0.250. The summed E-state index contributed by atoms with van der Waals surface area (Å²) in [7, 11) is -5.10. The maximum atomic E-state index is 13.8. The van der Waals surface area contributed by atoms with Crippen LogP contribution in [0.1, 0.15) is 35.8 Å². The Labute approximate surface area is 273 Å². The number of nitrogens with one attached hydrogen (secondary N) is 1. The van der Waals surface area contributed by atoms with Gasteiger partial charge in [-0.2, -0.15) is 21.6 Å². The predicted octanol–water partition coefficient (Wildman–Crippen LogP) is 3.63. The Hall–Kier alpha value is -4.68. The van der Waals surface area contributed by atoms with Crippen LogP contribution in [0.15, 0.2) is 77.3 Å². The second-order valence-corrected chi connectivity index (χ2v) is 13.1. The van der Waals surface area contributed by atoms with E-state index in [4.69, 9.17) is 26.9 Å². The highest BCUT2D eigenvalue weighted by Crippen LogP contribution is 2.41. The van der Waals surface area contributed by atoms with Crippen molar-refractivity contribution in [2.45, 2.75) is 36.5 Å². The van der Waals surface area contributed by atoms with Crippen molar-refractivity contribution in [3.05, 3.63) is 93.3 Å². The van der Waals surface area contributed by atoms with Gasteiger partial charge in [-0.05, 0) is 17.5 Å². The molecule has 13 nitrogen and oxygen atoms in total. The van der Waals surface area contributed by atoms with E-state index >= 15 is 0 Å². The topological polar surface area (TPSA) is 180 Å². The lowest BCUT2D eigenvalue weighted by atomic mass is 9.85. The number of halogens is 4. The molecule has 1 fully saturated rings. The van der Waals surface area contributed by atoms with Gasteiger partial charge < -0.3 is 24.8 Å². The molecular formula is C28H23ClF3N5O8S2. The molecule has 5 rings (SSSR count). The predicted molar refractivity (Wildman–Crippen MR) is 161 cm³/mol. The molecule has 0 radical (unpaired) electrons. The summed E-state index contributed by atoms with van der Waals surface area (Å²) in [5.41, 5.74) is -0.667. The van der Waals surface area contributed by atoms with Gasteiger partial charge >= 0.3 is 21.6 Å². The average molecular weight is 714 g/mol. The first-order valence-electron chi connectivity index (χ1n) is 13.5. The minimum absolute atomic E-state index is 0.000283. The van der Waals surface area contributed by atoms with Gasteiger partial charge in [-0.25, -0.2) is 9.78 Å². The summed E-state index contributed by atoms with van der Waals surface area (Å²) in [5, 5.41) is 6.07. The van der Waals surface area contributed by atoms with Crippen molar-refractivity contribution < 1.29 is 49.7 Å². The number of carbonyl (C=O) groups excluding carboxylic acids is 3. The van der Waals surface area contributed by atoms with Gasteiger partial charge in [-0.3, -0.25) is 14.5 Å². The molecule has 0 bridgehead atoms. The summed E-state index contributed by atoms with van der Waals surface area (Å²) in [4.78, 5) is 49.9. The van der Waals surface area contributed by atoms with Gasteiger partial charge in [0, 0.05) is 6.42 Å². The Morgan fingerprint density at radius 1 is 1.13 bits per heavy atom. The molecule has 2 amide bonds. The summed E-state index contributed by atoms with van der Waals surface area (Å²) < 4.78 is 74.1. The third-order valence-electron chi connectivity index (χ3n) is 7.02. The number of oxime groups is 1. The molecule has 1 saturated heterocycles. The first-order chi connectivity index (χ1) is 22.2. The molecule has 3 N–H and O–H groups in total. The number of rotatable bonds is 10. The van der Waals surface area contributed by atoms with Crippen molar-refractivity contribution >= 4 is 61.7 Å². The minimum atomic E-state index is -6.25. The SMILES string of the molecule is CO/N=C(/C(=O)N[C@@H]1C(=O)N2C(C(=O)OC(c3ccccc3)c3ccccc3)=C(OS(=O)(=O)C(F)(F)F)CC[C@H]12)c1nc(N)sc1Cl. The molecule has 3 heterocycles. The lowest BCUT2D eigenvalue weighted by Gasteiger charge is -2.49. The highest BCUT2D eigenvalue weighted by atomic mass is 35.5. The summed E-state index contributed by atoms with van der Waals surface area (Å²) in [6.45, 7) is 0. The van der Waals surface area contributed by atoms with Crippen LogP contribution < -0.4 is 11.1 Å². The fourth-order valence-electron chi connectivity index (χ4n) is 4.98. The van der Waals surface area contributed by atoms with Crippen LogP contribution in [0.25, 0.3) is 0 Å². The summed E-state index contributed by atoms with van der Waals surface area (Å²) >= 11 is 6.96. The quantitative estimate of drug-likeness (QED) is 0.0787. The molecule has 248 valence electrons. The van der Waals surface area contributed by atoms with Crippen molar-refractivity contribution in [3.8, 4) is 0 Å². The number of amides is 2. The van der Waals surface area contributed by atoms with Gasteiger partial charge in [0.1, 0.15) is 23.2 Å². The van der Waals surface area contributed by atoms with Crippen LogP contribution in [-0.4, -0.2) is 66.5 Å². The largest absolute Gasteiger partial charge is 0.534 e. The molecule has 0 spiro atoms. The zero-order valence-electron chi connectivity index (χ0n) is 23.9. The number of allylic oxidation sites excluding steroid dienone is 1. The standard InChI is InChI=1S/C28H23ClF3N5O8S2/c1-43-36-20(19-23(29)46-27(33)35-19)24(38)34-18-16-12-13-17(45-47(41,42)28(30,31)32)21(37(16)25(18)39)26(40)44-22(14-8-4-2-5-9-14)15-10-6-3-7-11-15/h2-11,16,18,22H,12-13H2,1H3,(H2,33,35)(H,34,38)/b36-20+/t16-,18+/m1/s1. The maximum Gasteiger partial charge on any atom is 0.534 e. The Morgan fingerprint density at radius 2 is 1.72 bits per heavy atom. The van der Waals surface area contributed by atoms with Gasteiger partial charge in [-0.1, -0.05) is 88.8 Å². The van der Waals surface area contributed by atoms with Crippen LogP contribution in [0.5, 0.6) is 0 Å². The normalized spacial score (nSPS) is 18.4. The number of nitrogens with zero attached hydrogens (tertiary/aromatic N) is 3. The number of benzene rings is 2. The number of thiazole rings is 1. The van der Waals surface area contributed by atoms with Crippen molar-refractivity contribution in [1.29, 1.82) is 0 Å². The van der Waals surface area contributed by atoms with E-state index in [2.05, 4.69) is 19.6 Å². The third-order valence-corrected chi connectivity index (χ3v) is 9.09. The minimum Gasteiger partial charge on any atom is -0.448 e. The third kappa shape index (κ3) is 6.75. The Balaban J connectivity index is 1.48. The molecule has 0 unspecified atom stereocenters. The van der Waals surface area contributed by atoms with Crippen LogP contribution >= 0.6 is 22.9 Å². The molecule has 0 saturated carbocycles. The average Bonchev–Trinajstić information content (AvgIpc) is 3.37. The number of esters is 1. The second kappa shape index (κ2) is 13.2. The molecule has 2 atom stereocenters. The monoisotopic (exact) mass is 713 g/mol. The van der Waals surface area contributed by atoms with Gasteiger partial charge in [0.2, 0.25) is 0 Å². The summed E-state index contributed by atoms with van der Waals surface area (Å²) in [5.74, 6) is -4.24. The first kappa shape index (κ1) is 33.7. The van der Waals surface area contributed by atoms with Crippen LogP contribution in [0.2, 0.25) is 4.34 Å². The molecular weight excluding hydrogens is 691 g/mol. The van der Waals surface area contributed by atoms with Crippen LogP contribution in [0.4, 0.5) is 18.3 Å². The van der Waals surface area contributed by atoms with E-state index in [1.807, 2.05) is 0 Å². The molecule has 47 heavy (non-hydrogen) atoms. The number of ether oxygens (including phenoxy) is 1. The second-order valence-electron chi connectivity index (χ2n) is 9.92. The van der Waals surface area contributed by atoms with Gasteiger partial charge in [0.15, 0.2) is 28.4 Å². The van der Waals surface area contributed by atoms with E-state index in [0.717, 1.165) is 23.3 Å². The molecule has 1 aromatic heterocycles. The number of nitrogen functional groups attached to an aromatic ring is 1. The number of hydrogen-bond donors (Lipinski definition) is 2. The Kier molecular flexibility index (Phi) is 9.46. The van der Waals surface area contributed by atoms with E-state index in [1.54, 1.807) is 60.7 Å². The number of aromatic nitrogens is 1. The van der Waals surface area contributed by atoms with Crippen molar-refractivity contribution in [1.82, 2.24) is 15.2 Å². The van der Waals surface area contributed by atoms with Crippen LogP contribution in [0, 0.1) is 0 Å². The lowest BCUT2D eigenvalue weighted by Crippen LogP contribution is -2.72. The number of alkyl halides is 3. The number of β-lactam (4-membered cyclic amide) rings is 1. The summed E-state index contributed by atoms with van der Waals surface area (Å²) in [6.07, 6.45) is -1.87. The Bertz CT molecular complexity index is 1830. The number of fused-ring (bicyclic) bond motifs is 1. The number of nitrogens with two attached hydrogens (primary N) is 1. The summed E-state index contributed by atoms with van der Waals surface area (Å²) in [6, 6.07) is 14.3. The van der Waals surface area contributed by atoms with Crippen molar-refractivity contribution in [2.75, 3.05) is 12.8 Å². The van der Waals surface area contributed by atoms with E-state index in [0.29, 0.717) is 11.1 Å². The zero-order valence-corrected chi connectivity index (χ0v) is 26.3. The van der Waals surface area contributed by atoms with Crippen molar-refractivity contribution in [3.63, 3.8) is 0 Å². The van der Waals surface area contributed by atoms with Gasteiger partial charge in [0.25, 0.3) is 11.8 Å². The van der Waals surface area contributed by atoms with Gasteiger partial charge in [-0.15, -0.1) is 0 Å². The van der Waals surface area contributed by atoms with E-state index < -0.39 is 75.2 Å². The fourth-order valence-corrected chi connectivity index (χ4v) is 6.43. The number of carbonyl (C=O) groups is 3. The smallest absolute Gasteiger partial charge is 0.448 e. The van der Waals surface area contributed by atoms with E-state index in [9.17, 15) is 36.0 Å². The van der Waals surface area contributed by atoms with Crippen molar-refractivity contribution in [2.24, 2.45) is 5.16 Å². The Morgan fingerprint density at radius 3 is 2.23 bits per heavy atom. The highest BCUT2D eigenvalue weighted by molar-refractivity contribution is 7.87. The molecule has 2 aromatic carbocycles. The number of hydrogen-bond acceptors (Lipinski definition) is 12. The van der Waals surface area contributed by atoms with Gasteiger partial charge in [0.05, 0.1) is 6.04 Å². The zero-order chi connectivity index (χ0) is 34.1. The highest BCUT2D eigenvalue weighted by Gasteiger charge is 2.57. The molecule has 19 heteroatoms.